The molecule has 0 atom stereocenters. The summed E-state index contributed by atoms with van der Waals surface area (Å²) in [7, 11) is 0. The van der Waals surface area contributed by atoms with Gasteiger partial charge in [-0.15, -0.1) is 0 Å². The highest BCUT2D eigenvalue weighted by atomic mass is 16.6. The molecule has 1 aliphatic carbocycles. The van der Waals surface area contributed by atoms with Gasteiger partial charge in [-0.05, 0) is 33.6 Å². The number of nitrogens with one attached hydrogen (secondary N) is 2. The summed E-state index contributed by atoms with van der Waals surface area (Å²) in [5.41, 5.74) is -0.0277. The van der Waals surface area contributed by atoms with Gasteiger partial charge in [0.05, 0.1) is 11.9 Å². The van der Waals surface area contributed by atoms with Crippen molar-refractivity contribution in [1.82, 2.24) is 10.2 Å². The van der Waals surface area contributed by atoms with Crippen molar-refractivity contribution in [2.24, 2.45) is 5.92 Å². The lowest BCUT2D eigenvalue weighted by molar-refractivity contribution is -0.117. The molecule has 2 N–H and O–H groups in total. The molecule has 1 fully saturated rings. The maximum atomic E-state index is 11.9. The molecule has 1 aromatic rings. The summed E-state index contributed by atoms with van der Waals surface area (Å²) in [5.74, 6) is -0.515. The van der Waals surface area contributed by atoms with E-state index in [1.54, 1.807) is 20.8 Å². The van der Waals surface area contributed by atoms with Gasteiger partial charge >= 0.3 is 5.97 Å². The third-order valence-electron chi connectivity index (χ3n) is 2.45. The van der Waals surface area contributed by atoms with E-state index < -0.39 is 11.6 Å². The van der Waals surface area contributed by atoms with Crippen LogP contribution in [0, 0.1) is 5.92 Å². The topological polar surface area (TPSA) is 84.1 Å². The molecule has 1 aromatic heterocycles. The van der Waals surface area contributed by atoms with Crippen LogP contribution in [0.25, 0.3) is 0 Å². The molecule has 0 spiro atoms. The maximum absolute atomic E-state index is 11.9. The van der Waals surface area contributed by atoms with Crippen LogP contribution in [0.15, 0.2) is 6.20 Å². The zero-order valence-corrected chi connectivity index (χ0v) is 10.7. The zero-order chi connectivity index (χ0) is 13.3. The Bertz CT molecular complexity index is 469. The van der Waals surface area contributed by atoms with Crippen molar-refractivity contribution in [3.05, 3.63) is 11.9 Å². The molecule has 18 heavy (non-hydrogen) atoms. The summed E-state index contributed by atoms with van der Waals surface area (Å²) < 4.78 is 5.22. The number of aromatic amines is 1. The largest absolute Gasteiger partial charge is 0.455 e. The van der Waals surface area contributed by atoms with Gasteiger partial charge in [0.1, 0.15) is 5.60 Å². The summed E-state index contributed by atoms with van der Waals surface area (Å²) in [6.45, 7) is 5.34. The van der Waals surface area contributed by atoms with E-state index in [0.29, 0.717) is 5.69 Å². The normalized spacial score (nSPS) is 15.3. The van der Waals surface area contributed by atoms with E-state index in [-0.39, 0.29) is 17.5 Å². The minimum absolute atomic E-state index is 0.0683. The number of aromatic nitrogens is 2. The molecule has 0 aliphatic heterocycles. The SMILES string of the molecule is CC(C)(C)OC(=O)c1[nH]ncc1NC(=O)C1CC1. The molecule has 0 bridgehead atoms. The molecule has 1 saturated carbocycles. The number of hydrogen-bond donors (Lipinski definition) is 2. The number of carbonyl (C=O) groups excluding carboxylic acids is 2. The first kappa shape index (κ1) is 12.6. The van der Waals surface area contributed by atoms with Crippen LogP contribution in [0.2, 0.25) is 0 Å². The standard InChI is InChI=1S/C12H17N3O3/c1-12(2,3)18-11(17)9-8(6-13-15-9)14-10(16)7-4-5-7/h6-7H,4-5H2,1-3H3,(H,13,15)(H,14,16). The highest BCUT2D eigenvalue weighted by molar-refractivity contribution is 6.01. The molecule has 6 nitrogen and oxygen atoms in total. The second-order valence-corrected chi connectivity index (χ2v) is 5.42. The molecule has 0 unspecified atom stereocenters. The molecule has 0 saturated heterocycles. The van der Waals surface area contributed by atoms with Crippen LogP contribution in [-0.4, -0.2) is 27.7 Å². The minimum atomic E-state index is -0.583. The van der Waals surface area contributed by atoms with Crippen LogP contribution in [0.3, 0.4) is 0 Å². The van der Waals surface area contributed by atoms with E-state index >= 15 is 0 Å². The highest BCUT2D eigenvalue weighted by Gasteiger charge is 2.31. The molecular weight excluding hydrogens is 234 g/mol. The Morgan fingerprint density at radius 3 is 2.67 bits per heavy atom. The van der Waals surface area contributed by atoms with E-state index in [1.165, 1.54) is 6.20 Å². The van der Waals surface area contributed by atoms with E-state index in [4.69, 9.17) is 4.74 Å². The molecule has 1 heterocycles. The van der Waals surface area contributed by atoms with Gasteiger partial charge in [0.15, 0.2) is 5.69 Å². The lowest BCUT2D eigenvalue weighted by Crippen LogP contribution is -2.25. The predicted octanol–water partition coefficient (Wildman–Crippen LogP) is 1.71. The first-order valence-electron chi connectivity index (χ1n) is 5.94. The number of esters is 1. The average Bonchev–Trinajstić information content (AvgIpc) is 2.97. The van der Waals surface area contributed by atoms with E-state index in [2.05, 4.69) is 15.5 Å². The Hall–Kier alpha value is -1.85. The van der Waals surface area contributed by atoms with Crippen molar-refractivity contribution in [3.63, 3.8) is 0 Å². The van der Waals surface area contributed by atoms with Crippen molar-refractivity contribution >= 4 is 17.6 Å². The monoisotopic (exact) mass is 251 g/mol. The van der Waals surface area contributed by atoms with Gasteiger partial charge in [-0.3, -0.25) is 9.89 Å². The first-order chi connectivity index (χ1) is 8.37. The summed E-state index contributed by atoms with van der Waals surface area (Å²) >= 11 is 0. The van der Waals surface area contributed by atoms with Gasteiger partial charge < -0.3 is 10.1 Å². The van der Waals surface area contributed by atoms with Gasteiger partial charge in [0.25, 0.3) is 0 Å². The molecule has 1 amide bonds. The number of carbonyl (C=O) groups is 2. The fraction of sp³-hybridized carbons (Fsp3) is 0.583. The van der Waals surface area contributed by atoms with E-state index in [0.717, 1.165) is 12.8 Å². The van der Waals surface area contributed by atoms with Crippen LogP contribution < -0.4 is 5.32 Å². The Kier molecular flexibility index (Phi) is 3.11. The third-order valence-corrected chi connectivity index (χ3v) is 2.45. The Balaban J connectivity index is 2.06. The fourth-order valence-corrected chi connectivity index (χ4v) is 1.45. The number of amides is 1. The number of ether oxygens (including phenoxy) is 1. The Labute approximate surface area is 105 Å². The lowest BCUT2D eigenvalue weighted by atomic mass is 10.2. The molecule has 98 valence electrons. The summed E-state index contributed by atoms with van der Waals surface area (Å²) in [5, 5.41) is 9.00. The number of rotatable bonds is 3. The summed E-state index contributed by atoms with van der Waals surface area (Å²) in [4.78, 5) is 23.5. The second-order valence-electron chi connectivity index (χ2n) is 5.42. The third kappa shape index (κ3) is 3.09. The Morgan fingerprint density at radius 1 is 1.44 bits per heavy atom. The smallest absolute Gasteiger partial charge is 0.359 e. The fourth-order valence-electron chi connectivity index (χ4n) is 1.45. The van der Waals surface area contributed by atoms with E-state index in [9.17, 15) is 9.59 Å². The first-order valence-corrected chi connectivity index (χ1v) is 5.94. The lowest BCUT2D eigenvalue weighted by Gasteiger charge is -2.19. The molecule has 0 radical (unpaired) electrons. The van der Waals surface area contributed by atoms with Gasteiger partial charge in [-0.25, -0.2) is 4.79 Å². The second kappa shape index (κ2) is 4.44. The van der Waals surface area contributed by atoms with Crippen LogP contribution in [0.5, 0.6) is 0 Å². The molecule has 1 aliphatic rings. The summed E-state index contributed by atoms with van der Waals surface area (Å²) in [6.07, 6.45) is 3.23. The van der Waals surface area contributed by atoms with Crippen LogP contribution in [0.4, 0.5) is 5.69 Å². The van der Waals surface area contributed by atoms with Gasteiger partial charge in [0.2, 0.25) is 5.91 Å². The van der Waals surface area contributed by atoms with Gasteiger partial charge in [-0.2, -0.15) is 5.10 Å². The van der Waals surface area contributed by atoms with Crippen LogP contribution in [0.1, 0.15) is 44.1 Å². The van der Waals surface area contributed by atoms with E-state index in [1.807, 2.05) is 0 Å². The van der Waals surface area contributed by atoms with Crippen molar-refractivity contribution in [3.8, 4) is 0 Å². The molecule has 2 rings (SSSR count). The van der Waals surface area contributed by atoms with Crippen LogP contribution in [-0.2, 0) is 9.53 Å². The predicted molar refractivity (Wildman–Crippen MR) is 65.1 cm³/mol. The summed E-state index contributed by atoms with van der Waals surface area (Å²) in [6, 6.07) is 0. The minimum Gasteiger partial charge on any atom is -0.455 e. The highest BCUT2D eigenvalue weighted by Crippen LogP contribution is 2.30. The number of hydrogen-bond acceptors (Lipinski definition) is 4. The van der Waals surface area contributed by atoms with Crippen molar-refractivity contribution < 1.29 is 14.3 Å². The molecular formula is C12H17N3O3. The number of anilines is 1. The Morgan fingerprint density at radius 2 is 2.11 bits per heavy atom. The van der Waals surface area contributed by atoms with Gasteiger partial charge in [0, 0.05) is 5.92 Å². The molecule has 6 heteroatoms. The quantitative estimate of drug-likeness (QED) is 0.801. The number of H-pyrrole nitrogens is 1. The van der Waals surface area contributed by atoms with Gasteiger partial charge in [-0.1, -0.05) is 0 Å². The number of nitrogens with zero attached hydrogens (tertiary/aromatic N) is 1. The average molecular weight is 251 g/mol. The van der Waals surface area contributed by atoms with Crippen LogP contribution >= 0.6 is 0 Å². The maximum Gasteiger partial charge on any atom is 0.359 e. The molecule has 0 aromatic carbocycles. The van der Waals surface area contributed by atoms with Crippen molar-refractivity contribution in [2.45, 2.75) is 39.2 Å². The van der Waals surface area contributed by atoms with Crippen molar-refractivity contribution in [1.29, 1.82) is 0 Å². The zero-order valence-electron chi connectivity index (χ0n) is 10.7. The van der Waals surface area contributed by atoms with Crippen molar-refractivity contribution in [2.75, 3.05) is 5.32 Å².